The SMILES string of the molecule is O=C(CCc1ccc(S(=O)(=O)N2CCOCC2)cc1)Nc1ccc(Br)cc1. The predicted molar refractivity (Wildman–Crippen MR) is 107 cm³/mol. The Labute approximate surface area is 167 Å². The number of benzene rings is 2. The number of nitrogens with one attached hydrogen (secondary N) is 1. The zero-order valence-corrected chi connectivity index (χ0v) is 17.1. The van der Waals surface area contributed by atoms with Crippen LogP contribution in [0.4, 0.5) is 5.69 Å². The summed E-state index contributed by atoms with van der Waals surface area (Å²) in [7, 11) is -3.48. The number of amides is 1. The third kappa shape index (κ3) is 5.38. The second-order valence-electron chi connectivity index (χ2n) is 6.22. The van der Waals surface area contributed by atoms with E-state index < -0.39 is 10.0 Å². The minimum atomic E-state index is -3.48. The normalized spacial score (nSPS) is 15.4. The van der Waals surface area contributed by atoms with E-state index in [-0.39, 0.29) is 10.8 Å². The van der Waals surface area contributed by atoms with Crippen LogP contribution in [-0.4, -0.2) is 44.9 Å². The zero-order chi connectivity index (χ0) is 19.3. The topological polar surface area (TPSA) is 75.7 Å². The van der Waals surface area contributed by atoms with Gasteiger partial charge in [0.1, 0.15) is 0 Å². The van der Waals surface area contributed by atoms with Crippen LogP contribution >= 0.6 is 15.9 Å². The summed E-state index contributed by atoms with van der Waals surface area (Å²) in [5.41, 5.74) is 1.66. The molecular formula is C19H21BrN2O4S. The summed E-state index contributed by atoms with van der Waals surface area (Å²) in [4.78, 5) is 12.3. The van der Waals surface area contributed by atoms with Gasteiger partial charge in [0.2, 0.25) is 15.9 Å². The second kappa shape index (κ2) is 8.97. The van der Waals surface area contributed by atoms with Gasteiger partial charge >= 0.3 is 0 Å². The molecule has 1 fully saturated rings. The number of hydrogen-bond acceptors (Lipinski definition) is 4. The van der Waals surface area contributed by atoms with Gasteiger partial charge in [-0.3, -0.25) is 4.79 Å². The van der Waals surface area contributed by atoms with Crippen LogP contribution in [0.5, 0.6) is 0 Å². The summed E-state index contributed by atoms with van der Waals surface area (Å²) >= 11 is 3.35. The van der Waals surface area contributed by atoms with Crippen molar-refractivity contribution in [1.82, 2.24) is 4.31 Å². The molecule has 2 aromatic carbocycles. The van der Waals surface area contributed by atoms with Gasteiger partial charge in [-0.1, -0.05) is 28.1 Å². The van der Waals surface area contributed by atoms with Crippen LogP contribution in [0.1, 0.15) is 12.0 Å². The number of nitrogens with zero attached hydrogens (tertiary/aromatic N) is 1. The van der Waals surface area contributed by atoms with Gasteiger partial charge in [0.05, 0.1) is 18.1 Å². The molecule has 1 aliphatic rings. The Bertz CT molecular complexity index is 877. The van der Waals surface area contributed by atoms with Gasteiger partial charge in [-0.15, -0.1) is 0 Å². The number of ether oxygens (including phenoxy) is 1. The van der Waals surface area contributed by atoms with E-state index in [1.54, 1.807) is 24.3 Å². The molecule has 27 heavy (non-hydrogen) atoms. The highest BCUT2D eigenvalue weighted by Gasteiger charge is 2.26. The maximum Gasteiger partial charge on any atom is 0.243 e. The Balaban J connectivity index is 1.55. The number of aryl methyl sites for hydroxylation is 1. The summed E-state index contributed by atoms with van der Waals surface area (Å²) in [5, 5.41) is 2.84. The van der Waals surface area contributed by atoms with E-state index in [1.807, 2.05) is 24.3 Å². The molecule has 0 bridgehead atoms. The molecule has 6 nitrogen and oxygen atoms in total. The van der Waals surface area contributed by atoms with Crippen molar-refractivity contribution >= 4 is 37.5 Å². The lowest BCUT2D eigenvalue weighted by atomic mass is 10.1. The lowest BCUT2D eigenvalue weighted by molar-refractivity contribution is -0.116. The van der Waals surface area contributed by atoms with Gasteiger partial charge < -0.3 is 10.1 Å². The first kappa shape index (κ1) is 20.0. The number of rotatable bonds is 6. The van der Waals surface area contributed by atoms with Crippen molar-refractivity contribution in [2.45, 2.75) is 17.7 Å². The second-order valence-corrected chi connectivity index (χ2v) is 9.07. The molecule has 8 heteroatoms. The summed E-state index contributed by atoms with van der Waals surface area (Å²) in [6.07, 6.45) is 0.867. The average Bonchev–Trinajstić information content (AvgIpc) is 2.69. The van der Waals surface area contributed by atoms with E-state index in [9.17, 15) is 13.2 Å². The molecule has 0 aliphatic carbocycles. The Morgan fingerprint density at radius 3 is 2.30 bits per heavy atom. The highest BCUT2D eigenvalue weighted by atomic mass is 79.9. The van der Waals surface area contributed by atoms with Gasteiger partial charge in [0.25, 0.3) is 0 Å². The molecule has 1 heterocycles. The van der Waals surface area contributed by atoms with Gasteiger partial charge in [0.15, 0.2) is 0 Å². The Kier molecular flexibility index (Phi) is 6.64. The summed E-state index contributed by atoms with van der Waals surface area (Å²) in [6.45, 7) is 1.59. The summed E-state index contributed by atoms with van der Waals surface area (Å²) in [6, 6.07) is 14.1. The number of hydrogen-bond donors (Lipinski definition) is 1. The minimum Gasteiger partial charge on any atom is -0.379 e. The summed E-state index contributed by atoms with van der Waals surface area (Å²) in [5.74, 6) is -0.0812. The number of anilines is 1. The van der Waals surface area contributed by atoms with Crippen molar-refractivity contribution in [2.75, 3.05) is 31.6 Å². The van der Waals surface area contributed by atoms with Crippen LogP contribution in [-0.2, 0) is 26.0 Å². The Morgan fingerprint density at radius 1 is 1.04 bits per heavy atom. The Morgan fingerprint density at radius 2 is 1.67 bits per heavy atom. The average molecular weight is 453 g/mol. The van der Waals surface area contributed by atoms with Crippen molar-refractivity contribution in [3.63, 3.8) is 0 Å². The van der Waals surface area contributed by atoms with Gasteiger partial charge in [0, 0.05) is 29.7 Å². The third-order valence-electron chi connectivity index (χ3n) is 4.30. The summed E-state index contributed by atoms with van der Waals surface area (Å²) < 4.78 is 32.8. The van der Waals surface area contributed by atoms with E-state index in [2.05, 4.69) is 21.2 Å². The standard InChI is InChI=1S/C19H21BrN2O4S/c20-16-4-6-17(7-5-16)21-19(23)10-3-15-1-8-18(9-2-15)27(24,25)22-11-13-26-14-12-22/h1-2,4-9H,3,10-14H2,(H,21,23). The van der Waals surface area contributed by atoms with E-state index in [1.165, 1.54) is 4.31 Å². The molecule has 0 radical (unpaired) electrons. The highest BCUT2D eigenvalue weighted by molar-refractivity contribution is 9.10. The highest BCUT2D eigenvalue weighted by Crippen LogP contribution is 2.19. The molecule has 0 aromatic heterocycles. The number of morpholine rings is 1. The molecule has 1 N–H and O–H groups in total. The van der Waals surface area contributed by atoms with Crippen molar-refractivity contribution in [1.29, 1.82) is 0 Å². The van der Waals surface area contributed by atoms with Crippen molar-refractivity contribution in [3.05, 3.63) is 58.6 Å². The van der Waals surface area contributed by atoms with Crippen LogP contribution in [0.2, 0.25) is 0 Å². The quantitative estimate of drug-likeness (QED) is 0.730. The van der Waals surface area contributed by atoms with E-state index in [0.29, 0.717) is 39.1 Å². The molecular weight excluding hydrogens is 432 g/mol. The van der Waals surface area contributed by atoms with Gasteiger partial charge in [-0.2, -0.15) is 4.31 Å². The van der Waals surface area contributed by atoms with Crippen LogP contribution in [0.25, 0.3) is 0 Å². The Hall–Kier alpha value is -1.74. The smallest absolute Gasteiger partial charge is 0.243 e. The minimum absolute atomic E-state index is 0.0812. The fourth-order valence-electron chi connectivity index (χ4n) is 2.78. The van der Waals surface area contributed by atoms with Crippen molar-refractivity contribution in [2.24, 2.45) is 0 Å². The third-order valence-corrected chi connectivity index (χ3v) is 6.74. The molecule has 1 saturated heterocycles. The van der Waals surface area contributed by atoms with Gasteiger partial charge in [-0.05, 0) is 48.4 Å². The zero-order valence-electron chi connectivity index (χ0n) is 14.7. The fraction of sp³-hybridized carbons (Fsp3) is 0.316. The van der Waals surface area contributed by atoms with E-state index in [0.717, 1.165) is 15.7 Å². The largest absolute Gasteiger partial charge is 0.379 e. The molecule has 0 saturated carbocycles. The van der Waals surface area contributed by atoms with Crippen molar-refractivity contribution in [3.8, 4) is 0 Å². The molecule has 2 aromatic rings. The molecule has 3 rings (SSSR count). The van der Waals surface area contributed by atoms with Crippen LogP contribution in [0, 0.1) is 0 Å². The first-order valence-electron chi connectivity index (χ1n) is 8.67. The van der Waals surface area contributed by atoms with E-state index >= 15 is 0 Å². The molecule has 1 amide bonds. The first-order valence-corrected chi connectivity index (χ1v) is 10.9. The van der Waals surface area contributed by atoms with Crippen LogP contribution < -0.4 is 5.32 Å². The molecule has 0 spiro atoms. The predicted octanol–water partition coefficient (Wildman–Crippen LogP) is 3.04. The molecule has 0 atom stereocenters. The maximum atomic E-state index is 12.6. The van der Waals surface area contributed by atoms with Crippen molar-refractivity contribution < 1.29 is 17.9 Å². The number of halogens is 1. The lowest BCUT2D eigenvalue weighted by Crippen LogP contribution is -2.40. The molecule has 1 aliphatic heterocycles. The fourth-order valence-corrected chi connectivity index (χ4v) is 4.45. The monoisotopic (exact) mass is 452 g/mol. The van der Waals surface area contributed by atoms with Gasteiger partial charge in [-0.25, -0.2) is 8.42 Å². The maximum absolute atomic E-state index is 12.6. The molecule has 0 unspecified atom stereocenters. The van der Waals surface area contributed by atoms with E-state index in [4.69, 9.17) is 4.74 Å². The molecule has 144 valence electrons. The van der Waals surface area contributed by atoms with Crippen LogP contribution in [0.3, 0.4) is 0 Å². The number of carbonyl (C=O) groups is 1. The number of carbonyl (C=O) groups excluding carboxylic acids is 1. The number of sulfonamides is 1. The first-order chi connectivity index (χ1) is 12.9. The van der Waals surface area contributed by atoms with Crippen LogP contribution in [0.15, 0.2) is 57.9 Å². The lowest BCUT2D eigenvalue weighted by Gasteiger charge is -2.26.